The van der Waals surface area contributed by atoms with Crippen molar-refractivity contribution in [3.8, 4) is 0 Å². The minimum atomic E-state index is -0.884. The molecule has 0 spiro atoms. The second-order valence-electron chi connectivity index (χ2n) is 9.48. The number of rotatable bonds is 9. The fourth-order valence-corrected chi connectivity index (χ4v) is 5.56. The molecule has 33 heavy (non-hydrogen) atoms. The van der Waals surface area contributed by atoms with Crippen molar-refractivity contribution < 1.29 is 19.1 Å². The smallest absolute Gasteiger partial charge is 0.329 e. The molecule has 3 rings (SSSR count). The molecule has 2 N–H and O–H groups in total. The maximum absolute atomic E-state index is 12.6. The van der Waals surface area contributed by atoms with Crippen LogP contribution in [0.1, 0.15) is 56.8 Å². The number of benzene rings is 1. The molecule has 2 aliphatic carbocycles. The van der Waals surface area contributed by atoms with Crippen LogP contribution in [0.25, 0.3) is 0 Å². The van der Waals surface area contributed by atoms with Crippen LogP contribution in [0.4, 0.5) is 0 Å². The van der Waals surface area contributed by atoms with Gasteiger partial charge in [-0.3, -0.25) is 9.59 Å². The van der Waals surface area contributed by atoms with Crippen molar-refractivity contribution in [2.75, 3.05) is 18.6 Å². The first-order valence-corrected chi connectivity index (χ1v) is 12.9. The van der Waals surface area contributed by atoms with Gasteiger partial charge in [-0.25, -0.2) is 10.2 Å². The number of nitrogens with zero attached hydrogens (tertiary/aromatic N) is 1. The number of hydrogen-bond donors (Lipinski definition) is 2. The minimum Gasteiger partial charge on any atom is -0.454 e. The maximum atomic E-state index is 12.6. The zero-order valence-electron chi connectivity index (χ0n) is 19.6. The van der Waals surface area contributed by atoms with Gasteiger partial charge in [0.05, 0.1) is 10.6 Å². The average molecular weight is 494 g/mol. The van der Waals surface area contributed by atoms with Crippen LogP contribution < -0.4 is 10.7 Å². The third-order valence-corrected chi connectivity index (χ3v) is 8.47. The van der Waals surface area contributed by atoms with Crippen molar-refractivity contribution in [2.24, 2.45) is 21.8 Å². The number of fused-ring (bicyclic) bond motifs is 2. The Hall–Kier alpha value is -2.06. The Kier molecular flexibility index (Phi) is 8.11. The zero-order chi connectivity index (χ0) is 24.2. The molecule has 2 fully saturated rings. The highest BCUT2D eigenvalue weighted by Crippen LogP contribution is 2.63. The largest absolute Gasteiger partial charge is 0.454 e. The summed E-state index contributed by atoms with van der Waals surface area (Å²) in [6.45, 7) is 6.28. The quantitative estimate of drug-likeness (QED) is 0.399. The van der Waals surface area contributed by atoms with Gasteiger partial charge in [-0.1, -0.05) is 44.5 Å². The van der Waals surface area contributed by atoms with Crippen LogP contribution in [-0.2, 0) is 14.3 Å². The fourth-order valence-electron chi connectivity index (χ4n) is 4.86. The lowest BCUT2D eigenvalue weighted by Crippen LogP contribution is -2.43. The van der Waals surface area contributed by atoms with E-state index in [-0.39, 0.29) is 16.4 Å². The van der Waals surface area contributed by atoms with E-state index in [4.69, 9.17) is 16.3 Å². The van der Waals surface area contributed by atoms with Crippen molar-refractivity contribution in [1.82, 2.24) is 10.7 Å². The van der Waals surface area contributed by atoms with Crippen LogP contribution in [-0.4, -0.2) is 48.2 Å². The number of nitrogens with one attached hydrogen (secondary N) is 2. The number of hydrogen-bond acceptors (Lipinski definition) is 6. The predicted octanol–water partition coefficient (Wildman–Crippen LogP) is 4.05. The Morgan fingerprint density at radius 3 is 2.61 bits per heavy atom. The summed E-state index contributed by atoms with van der Waals surface area (Å²) in [4.78, 5) is 37.5. The van der Waals surface area contributed by atoms with E-state index in [1.165, 1.54) is 6.42 Å². The van der Waals surface area contributed by atoms with E-state index in [1.807, 2.05) is 6.26 Å². The minimum absolute atomic E-state index is 0.0203. The molecule has 7 nitrogen and oxygen atoms in total. The molecule has 2 aliphatic rings. The normalized spacial score (nSPS) is 25.0. The summed E-state index contributed by atoms with van der Waals surface area (Å²) in [6, 6.07) is 5.72. The van der Waals surface area contributed by atoms with Gasteiger partial charge in [0.1, 0.15) is 6.04 Å². The molecule has 1 aromatic rings. The van der Waals surface area contributed by atoms with Gasteiger partial charge in [-0.15, -0.1) is 0 Å². The summed E-state index contributed by atoms with van der Waals surface area (Å²) in [7, 11) is 0. The average Bonchev–Trinajstić information content (AvgIpc) is 3.12. The summed E-state index contributed by atoms with van der Waals surface area (Å²) >= 11 is 7.63. The highest BCUT2D eigenvalue weighted by molar-refractivity contribution is 7.98. The second kappa shape index (κ2) is 10.5. The third-order valence-electron chi connectivity index (χ3n) is 7.49. The molecule has 2 amide bonds. The van der Waals surface area contributed by atoms with Crippen molar-refractivity contribution in [2.45, 2.75) is 52.5 Å². The van der Waals surface area contributed by atoms with E-state index >= 15 is 0 Å². The van der Waals surface area contributed by atoms with Gasteiger partial charge in [-0.05, 0) is 61.2 Å². The number of esters is 1. The first kappa shape index (κ1) is 25.6. The van der Waals surface area contributed by atoms with Crippen molar-refractivity contribution in [3.63, 3.8) is 0 Å². The van der Waals surface area contributed by atoms with Crippen molar-refractivity contribution in [3.05, 3.63) is 34.9 Å². The second-order valence-corrected chi connectivity index (χ2v) is 10.9. The topological polar surface area (TPSA) is 96.9 Å². The van der Waals surface area contributed by atoms with Crippen LogP contribution >= 0.6 is 23.4 Å². The molecule has 1 aromatic carbocycles. The molecular weight excluding hydrogens is 462 g/mol. The number of ether oxygens (including phenoxy) is 1. The summed E-state index contributed by atoms with van der Waals surface area (Å²) < 4.78 is 5.20. The van der Waals surface area contributed by atoms with Gasteiger partial charge in [0.2, 0.25) is 0 Å². The number of amides is 2. The van der Waals surface area contributed by atoms with Crippen molar-refractivity contribution >= 4 is 46.9 Å². The monoisotopic (exact) mass is 493 g/mol. The van der Waals surface area contributed by atoms with E-state index in [2.05, 4.69) is 36.6 Å². The van der Waals surface area contributed by atoms with E-state index < -0.39 is 30.4 Å². The lowest BCUT2D eigenvalue weighted by molar-refractivity contribution is -0.150. The Balaban J connectivity index is 1.55. The molecule has 0 aliphatic heterocycles. The molecular formula is C24H32ClN3O4S. The molecule has 9 heteroatoms. The Morgan fingerprint density at radius 2 is 2.00 bits per heavy atom. The van der Waals surface area contributed by atoms with Crippen molar-refractivity contribution in [1.29, 1.82) is 0 Å². The maximum Gasteiger partial charge on any atom is 0.329 e. The Morgan fingerprint density at radius 1 is 1.27 bits per heavy atom. The summed E-state index contributed by atoms with van der Waals surface area (Å²) in [5.41, 5.74) is 3.97. The molecule has 2 saturated carbocycles. The van der Waals surface area contributed by atoms with E-state index in [9.17, 15) is 14.4 Å². The van der Waals surface area contributed by atoms with Gasteiger partial charge in [-0.2, -0.15) is 16.9 Å². The van der Waals surface area contributed by atoms with Crippen LogP contribution in [0.5, 0.6) is 0 Å². The highest BCUT2D eigenvalue weighted by Gasteiger charge is 2.60. The van der Waals surface area contributed by atoms with Gasteiger partial charge in [0.25, 0.3) is 11.8 Å². The van der Waals surface area contributed by atoms with Gasteiger partial charge in [0.15, 0.2) is 6.61 Å². The first-order valence-electron chi connectivity index (χ1n) is 11.2. The third kappa shape index (κ3) is 5.38. The highest BCUT2D eigenvalue weighted by atomic mass is 35.5. The molecule has 0 aromatic heterocycles. The Labute approximate surface area is 204 Å². The molecule has 0 saturated heterocycles. The van der Waals surface area contributed by atoms with Crippen LogP contribution in [0.15, 0.2) is 29.4 Å². The molecule has 180 valence electrons. The van der Waals surface area contributed by atoms with Gasteiger partial charge >= 0.3 is 5.97 Å². The number of hydrazone groups is 1. The zero-order valence-corrected chi connectivity index (χ0v) is 21.1. The molecule has 0 radical (unpaired) electrons. The molecule has 2 bridgehead atoms. The lowest BCUT2D eigenvalue weighted by atomic mass is 9.70. The first-order chi connectivity index (χ1) is 15.6. The van der Waals surface area contributed by atoms with Crippen LogP contribution in [0.3, 0.4) is 0 Å². The van der Waals surface area contributed by atoms with Crippen LogP contribution in [0, 0.1) is 16.7 Å². The Bertz CT molecular complexity index is 951. The standard InChI is InChI=1S/C24H32ClN3O4S/c1-23(2)15-9-11-24(23,3)19(13-15)27-28-20(29)14-32-22(31)18(10-12-33-4)26-21(30)16-7-5-6-8-17(16)25/h5-8,15,18H,9-14H2,1-4H3,(H,26,30)(H,28,29)/b27-19+. The van der Waals surface area contributed by atoms with Gasteiger partial charge in [0, 0.05) is 11.1 Å². The molecule has 3 unspecified atom stereocenters. The van der Waals surface area contributed by atoms with E-state index in [1.54, 1.807) is 36.0 Å². The summed E-state index contributed by atoms with van der Waals surface area (Å²) in [5.74, 6) is -0.416. The SMILES string of the molecule is CSCCC(NC(=O)c1ccccc1Cl)C(=O)OCC(=O)N/N=C1\CC2CCC1(C)C2(C)C. The number of carbonyl (C=O) groups is 3. The molecule has 0 heterocycles. The summed E-state index contributed by atoms with van der Waals surface area (Å²) in [5, 5.41) is 7.35. The van der Waals surface area contributed by atoms with E-state index in [0.717, 1.165) is 18.6 Å². The number of carbonyl (C=O) groups excluding carboxylic acids is 3. The number of thioether (sulfide) groups is 1. The molecule has 3 atom stereocenters. The van der Waals surface area contributed by atoms with Gasteiger partial charge < -0.3 is 10.1 Å². The summed E-state index contributed by atoms with van der Waals surface area (Å²) in [6.07, 6.45) is 5.41. The fraction of sp³-hybridized carbons (Fsp3) is 0.583. The van der Waals surface area contributed by atoms with Crippen LogP contribution in [0.2, 0.25) is 5.02 Å². The lowest BCUT2D eigenvalue weighted by Gasteiger charge is -2.34. The van der Waals surface area contributed by atoms with E-state index in [0.29, 0.717) is 23.1 Å². The predicted molar refractivity (Wildman–Crippen MR) is 131 cm³/mol. The number of halogens is 1.